The Kier molecular flexibility index (Phi) is 12.4. The van der Waals surface area contributed by atoms with Gasteiger partial charge in [0.1, 0.15) is 11.4 Å². The van der Waals surface area contributed by atoms with Gasteiger partial charge in [0.25, 0.3) is 11.6 Å². The van der Waals surface area contributed by atoms with Crippen LogP contribution in [0.15, 0.2) is 121 Å². The maximum absolute atomic E-state index is 9.16. The van der Waals surface area contributed by atoms with Gasteiger partial charge in [0.15, 0.2) is 22.1 Å². The van der Waals surface area contributed by atoms with E-state index in [-0.39, 0.29) is 0 Å². The first-order valence-corrected chi connectivity index (χ1v) is 23.3. The second-order valence-corrected chi connectivity index (χ2v) is 19.5. The number of rotatable bonds is 10. The number of para-hydroxylation sites is 4. The summed E-state index contributed by atoms with van der Waals surface area (Å²) in [6.07, 6.45) is 0. The van der Waals surface area contributed by atoms with Crippen molar-refractivity contribution < 1.29 is 13.2 Å². The van der Waals surface area contributed by atoms with Crippen LogP contribution in [0.25, 0.3) is 56.2 Å². The van der Waals surface area contributed by atoms with Gasteiger partial charge in [-0.05, 0) is 108 Å². The Hall–Kier alpha value is -5.74. The van der Waals surface area contributed by atoms with Crippen LogP contribution in [-0.2, 0) is 14.1 Å². The van der Waals surface area contributed by atoms with Crippen molar-refractivity contribution in [3.05, 3.63) is 166 Å². The first-order chi connectivity index (χ1) is 31.3. The largest absolute Gasteiger partial charge is 0.295 e. The summed E-state index contributed by atoms with van der Waals surface area (Å²) in [4.78, 5) is 0. The fraction of sp³-hybridized carbons (Fsp3) is 0.367. The maximum Gasteiger partial charge on any atom is 0.295 e. The van der Waals surface area contributed by atoms with Crippen LogP contribution < -0.4 is 9.13 Å². The summed E-state index contributed by atoms with van der Waals surface area (Å²) in [5.74, 6) is 0.888. The molecule has 2 heterocycles. The highest BCUT2D eigenvalue weighted by molar-refractivity contribution is 5.82. The molecular formula is C60H74N4+2. The Balaban J connectivity index is 0.000000200. The number of hydrogen-bond donors (Lipinski definition) is 0. The average molecular weight is 854 g/mol. The minimum absolute atomic E-state index is 0.428. The molecule has 0 aliphatic heterocycles. The number of imidazole rings is 2. The minimum atomic E-state index is -0.941. The second-order valence-electron chi connectivity index (χ2n) is 19.5. The molecule has 2 aromatic heterocycles. The third-order valence-corrected chi connectivity index (χ3v) is 13.1. The highest BCUT2D eigenvalue weighted by atomic mass is 15.2. The van der Waals surface area contributed by atoms with Crippen LogP contribution in [0.4, 0.5) is 0 Å². The van der Waals surface area contributed by atoms with Crippen molar-refractivity contribution >= 4 is 22.1 Å². The van der Waals surface area contributed by atoms with E-state index < -0.39 is 17.7 Å². The van der Waals surface area contributed by atoms with Gasteiger partial charge in [0.05, 0.1) is 25.2 Å². The van der Waals surface area contributed by atoms with Crippen molar-refractivity contribution in [2.24, 2.45) is 14.1 Å². The fourth-order valence-corrected chi connectivity index (χ4v) is 9.43. The molecule has 6 aromatic carbocycles. The lowest BCUT2D eigenvalue weighted by molar-refractivity contribution is -0.634. The smallest absolute Gasteiger partial charge is 0.225 e. The van der Waals surface area contributed by atoms with E-state index >= 15 is 0 Å². The molecule has 332 valence electrons. The van der Waals surface area contributed by atoms with Crippen LogP contribution in [0.1, 0.15) is 167 Å². The molecule has 0 N–H and O–H groups in total. The summed E-state index contributed by atoms with van der Waals surface area (Å²) >= 11 is 0. The molecule has 0 aliphatic carbocycles. The molecule has 64 heavy (non-hydrogen) atoms. The highest BCUT2D eigenvalue weighted by Gasteiger charge is 2.33. The Morgan fingerprint density at radius 1 is 0.406 bits per heavy atom. The lowest BCUT2D eigenvalue weighted by Crippen LogP contribution is -2.30. The predicted molar refractivity (Wildman–Crippen MR) is 274 cm³/mol. The van der Waals surface area contributed by atoms with E-state index in [0.29, 0.717) is 17.8 Å². The predicted octanol–water partition coefficient (Wildman–Crippen LogP) is 15.6. The van der Waals surface area contributed by atoms with Gasteiger partial charge in [-0.15, -0.1) is 0 Å². The molecule has 0 fully saturated rings. The van der Waals surface area contributed by atoms with Gasteiger partial charge in [-0.2, -0.15) is 9.13 Å². The van der Waals surface area contributed by atoms with E-state index in [1.54, 1.807) is 0 Å². The van der Waals surface area contributed by atoms with Crippen molar-refractivity contribution in [1.82, 2.24) is 9.13 Å². The van der Waals surface area contributed by atoms with Gasteiger partial charge in [-0.3, -0.25) is 0 Å². The summed E-state index contributed by atoms with van der Waals surface area (Å²) in [6.45, 7) is 29.6. The number of benzene rings is 6. The molecule has 0 aliphatic rings. The molecule has 0 spiro atoms. The van der Waals surface area contributed by atoms with E-state index in [9.17, 15) is 0 Å². The van der Waals surface area contributed by atoms with Crippen LogP contribution in [-0.4, -0.2) is 9.13 Å². The zero-order valence-corrected chi connectivity index (χ0v) is 41.6. The molecule has 0 amide bonds. The highest BCUT2D eigenvalue weighted by Crippen LogP contribution is 2.41. The van der Waals surface area contributed by atoms with Crippen LogP contribution in [0.2, 0.25) is 0 Å². The first kappa shape index (κ1) is 42.2. The van der Waals surface area contributed by atoms with Crippen molar-refractivity contribution in [2.75, 3.05) is 0 Å². The summed E-state index contributed by atoms with van der Waals surface area (Å²) < 4.78 is 36.4. The van der Waals surface area contributed by atoms with E-state index in [0.717, 1.165) is 50.4 Å². The Labute approximate surface area is 389 Å². The lowest BCUT2D eigenvalue weighted by Gasteiger charge is -2.21. The van der Waals surface area contributed by atoms with Gasteiger partial charge in [-0.1, -0.05) is 168 Å². The number of hydrogen-bond acceptors (Lipinski definition) is 0. The zero-order chi connectivity index (χ0) is 49.1. The number of aryl methyl sites for hydroxylation is 4. The monoisotopic (exact) mass is 854 g/mol. The number of aromatic nitrogens is 4. The summed E-state index contributed by atoms with van der Waals surface area (Å²) in [7, 11) is 4.28. The van der Waals surface area contributed by atoms with E-state index in [1.807, 2.05) is 71.9 Å². The zero-order valence-electron chi connectivity index (χ0n) is 44.6. The van der Waals surface area contributed by atoms with E-state index in [2.05, 4.69) is 179 Å². The Bertz CT molecular complexity index is 3040. The van der Waals surface area contributed by atoms with Crippen molar-refractivity contribution in [3.8, 4) is 34.2 Å². The molecule has 4 heteroatoms. The molecular weight excluding hydrogens is 777 g/mol. The second kappa shape index (κ2) is 18.8. The third kappa shape index (κ3) is 8.49. The number of nitrogens with zero attached hydrogens (tertiary/aromatic N) is 4. The molecule has 0 saturated heterocycles. The van der Waals surface area contributed by atoms with Crippen molar-refractivity contribution in [2.45, 2.75) is 132 Å². The normalized spacial score (nSPS) is 13.1. The van der Waals surface area contributed by atoms with Crippen molar-refractivity contribution in [3.63, 3.8) is 0 Å². The molecule has 0 saturated carbocycles. The van der Waals surface area contributed by atoms with E-state index in [4.69, 9.17) is 4.11 Å². The van der Waals surface area contributed by atoms with Gasteiger partial charge in [0.2, 0.25) is 0 Å². The molecule has 0 atom stereocenters. The average Bonchev–Trinajstić information content (AvgIpc) is 3.71. The SMILES string of the molecule is Cc1ccccc1-c1n(-c2c(C(C)C)cc(C(C)C)cc2C(C)C)c2ccccc2[n+]1C.[2H]C(C)(C)c1cc(C([2H])(C)C)c(-n2c(-c3ccccc3C)[n+](C)c3ccccc32)c(C([2H])(C)C)c1. The quantitative estimate of drug-likeness (QED) is 0.122. The standard InChI is InChI=1S/2C30H37N2/c2*1-19(2)23-17-25(20(3)4)29(26(18-23)21(5)6)32-28-16-12-11-15-27(28)31(8)30(32)24-14-10-9-13-22(24)7/h2*9-21H,1-8H3/q2*+1/i19D,20D,21D;. The van der Waals surface area contributed by atoms with Crippen LogP contribution in [0.5, 0.6) is 0 Å². The molecule has 0 unspecified atom stereocenters. The van der Waals surface area contributed by atoms with E-state index in [1.165, 1.54) is 50.4 Å². The van der Waals surface area contributed by atoms with Gasteiger partial charge in [0, 0.05) is 26.4 Å². The van der Waals surface area contributed by atoms with Gasteiger partial charge >= 0.3 is 0 Å². The Morgan fingerprint density at radius 3 is 1.09 bits per heavy atom. The third-order valence-electron chi connectivity index (χ3n) is 13.1. The maximum atomic E-state index is 9.16. The summed E-state index contributed by atoms with van der Waals surface area (Å²) in [5, 5.41) is 0. The molecule has 0 radical (unpaired) electrons. The summed E-state index contributed by atoms with van der Waals surface area (Å²) in [5.41, 5.74) is 18.4. The minimum Gasteiger partial charge on any atom is -0.225 e. The van der Waals surface area contributed by atoms with Gasteiger partial charge < -0.3 is 0 Å². The number of fused-ring (bicyclic) bond motifs is 2. The topological polar surface area (TPSA) is 17.6 Å². The molecule has 8 rings (SSSR count). The lowest BCUT2D eigenvalue weighted by atomic mass is 9.87. The van der Waals surface area contributed by atoms with Crippen LogP contribution in [0, 0.1) is 13.8 Å². The summed E-state index contributed by atoms with van der Waals surface area (Å²) in [6, 6.07) is 43.2. The molecule has 8 aromatic rings. The molecule has 0 bridgehead atoms. The first-order valence-electron chi connectivity index (χ1n) is 24.8. The molecule has 4 nitrogen and oxygen atoms in total. The van der Waals surface area contributed by atoms with Gasteiger partial charge in [-0.25, -0.2) is 9.13 Å². The van der Waals surface area contributed by atoms with Crippen molar-refractivity contribution in [1.29, 1.82) is 0 Å². The Morgan fingerprint density at radius 2 is 0.750 bits per heavy atom. The van der Waals surface area contributed by atoms with Crippen LogP contribution in [0.3, 0.4) is 0 Å². The fourth-order valence-electron chi connectivity index (χ4n) is 9.43. The van der Waals surface area contributed by atoms with Crippen LogP contribution >= 0.6 is 0 Å².